The van der Waals surface area contributed by atoms with Crippen LogP contribution in [0.5, 0.6) is 0 Å². The minimum atomic E-state index is 0.196. The lowest BCUT2D eigenvalue weighted by atomic mass is 9.97. The molecule has 2 aliphatic rings. The number of nitrogens with zero attached hydrogens (tertiary/aromatic N) is 3. The highest BCUT2D eigenvalue weighted by Crippen LogP contribution is 2.31. The monoisotopic (exact) mass is 276 g/mol. The van der Waals surface area contributed by atoms with Gasteiger partial charge in [-0.25, -0.2) is 0 Å². The van der Waals surface area contributed by atoms with Gasteiger partial charge < -0.3 is 4.90 Å². The molecule has 1 aromatic rings. The van der Waals surface area contributed by atoms with E-state index in [-0.39, 0.29) is 11.9 Å². The summed E-state index contributed by atoms with van der Waals surface area (Å²) in [7, 11) is 0. The van der Waals surface area contributed by atoms with Gasteiger partial charge in [0.15, 0.2) is 0 Å². The minimum Gasteiger partial charge on any atom is -0.333 e. The number of nitrogens with one attached hydrogen (secondary N) is 1. The minimum absolute atomic E-state index is 0.196. The number of piperidine rings is 1. The summed E-state index contributed by atoms with van der Waals surface area (Å²) in [5, 5.41) is 7.22. The SMILES string of the molecule is Cc1cn[nH]c1[C@@H]1CCCCN1C(=O)CN1CCCC1. The number of carbonyl (C=O) groups excluding carboxylic acids is 1. The lowest BCUT2D eigenvalue weighted by Crippen LogP contribution is -2.44. The van der Waals surface area contributed by atoms with E-state index >= 15 is 0 Å². The van der Waals surface area contributed by atoms with E-state index < -0.39 is 0 Å². The molecule has 1 N–H and O–H groups in total. The molecule has 5 nitrogen and oxygen atoms in total. The standard InChI is InChI=1S/C15H24N4O/c1-12-10-16-17-15(12)13-6-2-3-9-19(13)14(20)11-18-7-4-5-8-18/h10,13H,2-9,11H2,1H3,(H,16,17)/t13-/m0/s1. The lowest BCUT2D eigenvalue weighted by molar-refractivity contribution is -0.136. The Hall–Kier alpha value is -1.36. The van der Waals surface area contributed by atoms with Crippen molar-refractivity contribution >= 4 is 5.91 Å². The van der Waals surface area contributed by atoms with Gasteiger partial charge in [0.2, 0.25) is 5.91 Å². The Bertz CT molecular complexity index is 464. The van der Waals surface area contributed by atoms with Crippen LogP contribution >= 0.6 is 0 Å². The molecule has 0 radical (unpaired) electrons. The molecule has 1 amide bonds. The first-order valence-electron chi connectivity index (χ1n) is 7.77. The van der Waals surface area contributed by atoms with Gasteiger partial charge in [-0.15, -0.1) is 0 Å². The number of H-pyrrole nitrogens is 1. The molecule has 0 bridgehead atoms. The largest absolute Gasteiger partial charge is 0.333 e. The third kappa shape index (κ3) is 2.73. The molecule has 0 aliphatic carbocycles. The van der Waals surface area contributed by atoms with E-state index in [1.54, 1.807) is 0 Å². The van der Waals surface area contributed by atoms with Gasteiger partial charge in [0.1, 0.15) is 0 Å². The van der Waals surface area contributed by atoms with E-state index in [2.05, 4.69) is 26.9 Å². The number of hydrogen-bond donors (Lipinski definition) is 1. The quantitative estimate of drug-likeness (QED) is 0.917. The number of aryl methyl sites for hydroxylation is 1. The Morgan fingerprint density at radius 3 is 2.75 bits per heavy atom. The van der Waals surface area contributed by atoms with E-state index in [4.69, 9.17) is 0 Å². The second-order valence-electron chi connectivity index (χ2n) is 6.05. The van der Waals surface area contributed by atoms with Gasteiger partial charge in [-0.05, 0) is 57.7 Å². The zero-order chi connectivity index (χ0) is 13.9. The molecule has 5 heteroatoms. The first kappa shape index (κ1) is 13.6. The van der Waals surface area contributed by atoms with Crippen LogP contribution in [-0.4, -0.2) is 52.1 Å². The maximum Gasteiger partial charge on any atom is 0.237 e. The number of aromatic amines is 1. The molecule has 3 rings (SSSR count). The van der Waals surface area contributed by atoms with Crippen LogP contribution in [0.4, 0.5) is 0 Å². The van der Waals surface area contributed by atoms with Gasteiger partial charge >= 0.3 is 0 Å². The fraction of sp³-hybridized carbons (Fsp3) is 0.733. The summed E-state index contributed by atoms with van der Waals surface area (Å²) in [6.45, 7) is 5.69. The highest BCUT2D eigenvalue weighted by molar-refractivity contribution is 5.79. The molecule has 0 unspecified atom stereocenters. The average Bonchev–Trinajstić information content (AvgIpc) is 3.10. The van der Waals surface area contributed by atoms with E-state index in [1.807, 2.05) is 6.20 Å². The van der Waals surface area contributed by atoms with Crippen molar-refractivity contribution in [1.82, 2.24) is 20.0 Å². The van der Waals surface area contributed by atoms with E-state index in [0.29, 0.717) is 6.54 Å². The molecular weight excluding hydrogens is 252 g/mol. The van der Waals surface area contributed by atoms with Crippen LogP contribution in [0.3, 0.4) is 0 Å². The van der Waals surface area contributed by atoms with Crippen LogP contribution < -0.4 is 0 Å². The zero-order valence-electron chi connectivity index (χ0n) is 12.3. The van der Waals surface area contributed by atoms with Gasteiger partial charge in [0.05, 0.1) is 24.5 Å². The van der Waals surface area contributed by atoms with Crippen molar-refractivity contribution in [3.05, 3.63) is 17.5 Å². The number of aromatic nitrogens is 2. The second-order valence-corrected chi connectivity index (χ2v) is 6.05. The molecule has 3 heterocycles. The summed E-state index contributed by atoms with van der Waals surface area (Å²) < 4.78 is 0. The molecule has 2 aliphatic heterocycles. The van der Waals surface area contributed by atoms with Crippen LogP contribution in [0.25, 0.3) is 0 Å². The Morgan fingerprint density at radius 1 is 1.30 bits per heavy atom. The molecule has 1 atom stereocenters. The normalized spacial score (nSPS) is 24.2. The predicted octanol–water partition coefficient (Wildman–Crippen LogP) is 1.87. The van der Waals surface area contributed by atoms with E-state index in [0.717, 1.165) is 43.7 Å². The Balaban J connectivity index is 1.71. The van der Waals surface area contributed by atoms with Crippen molar-refractivity contribution in [3.63, 3.8) is 0 Å². The van der Waals surface area contributed by atoms with Gasteiger partial charge in [-0.1, -0.05) is 0 Å². The summed E-state index contributed by atoms with van der Waals surface area (Å²) in [6.07, 6.45) is 7.68. The fourth-order valence-electron chi connectivity index (χ4n) is 3.45. The van der Waals surface area contributed by atoms with Crippen LogP contribution in [0.1, 0.15) is 49.4 Å². The lowest BCUT2D eigenvalue weighted by Gasteiger charge is -2.36. The van der Waals surface area contributed by atoms with Gasteiger partial charge in [-0.2, -0.15) is 5.10 Å². The highest BCUT2D eigenvalue weighted by atomic mass is 16.2. The second kappa shape index (κ2) is 5.95. The number of likely N-dealkylation sites (tertiary alicyclic amines) is 2. The van der Waals surface area contributed by atoms with Crippen molar-refractivity contribution in [3.8, 4) is 0 Å². The fourth-order valence-corrected chi connectivity index (χ4v) is 3.45. The molecular formula is C15H24N4O. The van der Waals surface area contributed by atoms with Crippen LogP contribution in [0.15, 0.2) is 6.20 Å². The van der Waals surface area contributed by atoms with Crippen molar-refractivity contribution in [2.24, 2.45) is 0 Å². The summed E-state index contributed by atoms with van der Waals surface area (Å²) in [5.41, 5.74) is 2.29. The number of carbonyl (C=O) groups is 1. The molecule has 110 valence electrons. The molecule has 2 saturated heterocycles. The van der Waals surface area contributed by atoms with Crippen molar-refractivity contribution in [2.75, 3.05) is 26.2 Å². The molecule has 0 saturated carbocycles. The number of amides is 1. The predicted molar refractivity (Wildman–Crippen MR) is 77.3 cm³/mol. The molecule has 0 spiro atoms. The van der Waals surface area contributed by atoms with E-state index in [1.165, 1.54) is 19.3 Å². The third-order valence-electron chi connectivity index (χ3n) is 4.58. The van der Waals surface area contributed by atoms with E-state index in [9.17, 15) is 4.79 Å². The smallest absolute Gasteiger partial charge is 0.237 e. The van der Waals surface area contributed by atoms with Gasteiger partial charge in [0, 0.05) is 6.54 Å². The third-order valence-corrected chi connectivity index (χ3v) is 4.58. The summed E-state index contributed by atoms with van der Waals surface area (Å²) >= 11 is 0. The molecule has 2 fully saturated rings. The molecule has 0 aromatic carbocycles. The van der Waals surface area contributed by atoms with Crippen molar-refractivity contribution < 1.29 is 4.79 Å². The average molecular weight is 276 g/mol. The maximum atomic E-state index is 12.6. The first-order chi connectivity index (χ1) is 9.75. The number of hydrogen-bond acceptors (Lipinski definition) is 3. The van der Waals surface area contributed by atoms with Gasteiger partial charge in [-0.3, -0.25) is 14.8 Å². The Labute approximate surface area is 120 Å². The zero-order valence-corrected chi connectivity index (χ0v) is 12.3. The van der Waals surface area contributed by atoms with Crippen LogP contribution in [-0.2, 0) is 4.79 Å². The first-order valence-corrected chi connectivity index (χ1v) is 7.77. The molecule has 20 heavy (non-hydrogen) atoms. The number of rotatable bonds is 3. The molecule has 1 aromatic heterocycles. The van der Waals surface area contributed by atoms with Crippen LogP contribution in [0, 0.1) is 6.92 Å². The highest BCUT2D eigenvalue weighted by Gasteiger charge is 2.31. The van der Waals surface area contributed by atoms with Crippen molar-refractivity contribution in [1.29, 1.82) is 0 Å². The summed E-state index contributed by atoms with van der Waals surface area (Å²) in [5.74, 6) is 0.283. The van der Waals surface area contributed by atoms with Crippen LogP contribution in [0.2, 0.25) is 0 Å². The maximum absolute atomic E-state index is 12.6. The Morgan fingerprint density at radius 2 is 2.05 bits per heavy atom. The topological polar surface area (TPSA) is 52.2 Å². The summed E-state index contributed by atoms with van der Waals surface area (Å²) in [4.78, 5) is 17.0. The van der Waals surface area contributed by atoms with Crippen molar-refractivity contribution in [2.45, 2.75) is 45.1 Å². The van der Waals surface area contributed by atoms with Gasteiger partial charge in [0.25, 0.3) is 0 Å². The Kier molecular flexibility index (Phi) is 4.05. The summed E-state index contributed by atoms with van der Waals surface area (Å²) in [6, 6.07) is 0.196.